The fourth-order valence-corrected chi connectivity index (χ4v) is 3.70. The first-order chi connectivity index (χ1) is 16.4. The normalized spacial score (nSPS) is 11.0. The number of phenols is 1. The molecular formula is C25H15ClFN3O4. The number of aromatic amines is 1. The van der Waals surface area contributed by atoms with E-state index in [-0.39, 0.29) is 28.5 Å². The van der Waals surface area contributed by atoms with Crippen molar-refractivity contribution >= 4 is 39.9 Å². The van der Waals surface area contributed by atoms with Gasteiger partial charge in [0.2, 0.25) is 5.78 Å². The van der Waals surface area contributed by atoms with E-state index in [4.69, 9.17) is 16.0 Å². The largest absolute Gasteiger partial charge is 0.507 e. The number of aromatic nitrogens is 2. The van der Waals surface area contributed by atoms with Crippen molar-refractivity contribution < 1.29 is 23.5 Å². The van der Waals surface area contributed by atoms with Crippen LogP contribution in [0.1, 0.15) is 26.6 Å². The lowest BCUT2D eigenvalue weighted by atomic mass is 10.1. The number of ketones is 1. The minimum absolute atomic E-state index is 0.0455. The van der Waals surface area contributed by atoms with Crippen LogP contribution >= 0.6 is 11.6 Å². The van der Waals surface area contributed by atoms with E-state index in [2.05, 4.69) is 15.5 Å². The molecular weight excluding hydrogens is 461 g/mol. The smallest absolute Gasteiger partial charge is 0.273 e. The number of para-hydroxylation sites is 1. The van der Waals surface area contributed by atoms with Crippen LogP contribution in [0.4, 0.5) is 10.1 Å². The summed E-state index contributed by atoms with van der Waals surface area (Å²) in [6, 6.07) is 17.8. The van der Waals surface area contributed by atoms with Gasteiger partial charge in [0.1, 0.15) is 22.8 Å². The minimum Gasteiger partial charge on any atom is -0.507 e. The van der Waals surface area contributed by atoms with E-state index in [0.29, 0.717) is 27.2 Å². The molecule has 0 saturated carbocycles. The van der Waals surface area contributed by atoms with E-state index in [1.165, 1.54) is 48.5 Å². The number of anilines is 1. The average Bonchev–Trinajstić information content (AvgIpc) is 3.46. The Balaban J connectivity index is 1.50. The Labute approximate surface area is 196 Å². The molecule has 0 aliphatic carbocycles. The lowest BCUT2D eigenvalue weighted by molar-refractivity contribution is 0.101. The van der Waals surface area contributed by atoms with Gasteiger partial charge in [-0.15, -0.1) is 0 Å². The van der Waals surface area contributed by atoms with Gasteiger partial charge >= 0.3 is 0 Å². The molecule has 168 valence electrons. The zero-order chi connectivity index (χ0) is 23.8. The summed E-state index contributed by atoms with van der Waals surface area (Å²) in [6.07, 6.45) is 0. The van der Waals surface area contributed by atoms with E-state index < -0.39 is 17.5 Å². The number of nitrogens with one attached hydrogen (secondary N) is 2. The van der Waals surface area contributed by atoms with E-state index in [1.54, 1.807) is 24.3 Å². The predicted octanol–water partition coefficient (Wildman–Crippen LogP) is 5.80. The Morgan fingerprint density at radius 2 is 1.79 bits per heavy atom. The predicted molar refractivity (Wildman–Crippen MR) is 125 cm³/mol. The molecule has 2 heterocycles. The number of phenolic OH excluding ortho intramolecular Hbond substituents is 1. The van der Waals surface area contributed by atoms with Crippen molar-refractivity contribution in [3.05, 3.63) is 101 Å². The number of benzene rings is 3. The van der Waals surface area contributed by atoms with Gasteiger partial charge in [-0.2, -0.15) is 5.10 Å². The highest BCUT2D eigenvalue weighted by molar-refractivity contribution is 6.31. The van der Waals surface area contributed by atoms with Crippen LogP contribution in [0.15, 0.2) is 77.2 Å². The van der Waals surface area contributed by atoms with Crippen LogP contribution in [0.25, 0.3) is 22.2 Å². The number of H-pyrrole nitrogens is 1. The topological polar surface area (TPSA) is 108 Å². The molecule has 0 saturated heterocycles. The van der Waals surface area contributed by atoms with Gasteiger partial charge < -0.3 is 14.8 Å². The van der Waals surface area contributed by atoms with Crippen molar-refractivity contribution in [3.8, 4) is 17.0 Å². The number of amides is 1. The number of hydrogen-bond acceptors (Lipinski definition) is 5. The first-order valence-electron chi connectivity index (χ1n) is 10.1. The maximum atomic E-state index is 13.3. The van der Waals surface area contributed by atoms with E-state index in [9.17, 15) is 19.1 Å². The summed E-state index contributed by atoms with van der Waals surface area (Å²) in [6.45, 7) is 0. The summed E-state index contributed by atoms with van der Waals surface area (Å²) < 4.78 is 19.1. The monoisotopic (exact) mass is 475 g/mol. The fraction of sp³-hybridized carbons (Fsp3) is 0. The second-order valence-corrected chi connectivity index (χ2v) is 7.86. The first-order valence-corrected chi connectivity index (χ1v) is 10.5. The van der Waals surface area contributed by atoms with Crippen LogP contribution in [0.2, 0.25) is 5.02 Å². The lowest BCUT2D eigenvalue weighted by Crippen LogP contribution is -2.14. The van der Waals surface area contributed by atoms with Gasteiger partial charge in [0.05, 0.1) is 11.4 Å². The molecule has 9 heteroatoms. The fourth-order valence-electron chi connectivity index (χ4n) is 3.53. The van der Waals surface area contributed by atoms with Gasteiger partial charge in [-0.25, -0.2) is 4.39 Å². The maximum absolute atomic E-state index is 13.3. The summed E-state index contributed by atoms with van der Waals surface area (Å²) in [7, 11) is 0. The van der Waals surface area contributed by atoms with Gasteiger partial charge in [-0.05, 0) is 60.7 Å². The SMILES string of the molecule is O=C(Nc1c(C(=O)c2ccc(F)cc2)oc2ccccc12)c1cc(-c2cc(Cl)ccc2O)n[nH]1. The standard InChI is InChI=1S/C25H15ClFN3O4/c26-14-7-10-20(31)17(11-14)18-12-19(30-29-18)25(33)28-22-16-3-1-2-4-21(16)34-24(22)23(32)13-5-8-15(27)9-6-13/h1-12,31H,(H,28,33)(H,29,30). The zero-order valence-electron chi connectivity index (χ0n) is 17.3. The maximum Gasteiger partial charge on any atom is 0.273 e. The van der Waals surface area contributed by atoms with Gasteiger partial charge in [-0.3, -0.25) is 14.7 Å². The summed E-state index contributed by atoms with van der Waals surface area (Å²) in [5.74, 6) is -1.71. The van der Waals surface area contributed by atoms with Crippen LogP contribution in [-0.2, 0) is 0 Å². The van der Waals surface area contributed by atoms with Crippen molar-refractivity contribution in [2.24, 2.45) is 0 Å². The Morgan fingerprint density at radius 1 is 1.03 bits per heavy atom. The minimum atomic E-state index is -0.583. The molecule has 3 aromatic carbocycles. The zero-order valence-corrected chi connectivity index (χ0v) is 18.1. The number of nitrogens with zero attached hydrogens (tertiary/aromatic N) is 1. The number of halogens is 2. The van der Waals surface area contributed by atoms with Crippen LogP contribution in [-0.4, -0.2) is 27.0 Å². The third kappa shape index (κ3) is 3.91. The molecule has 0 unspecified atom stereocenters. The number of carbonyl (C=O) groups excluding carboxylic acids is 2. The molecule has 3 N–H and O–H groups in total. The summed E-state index contributed by atoms with van der Waals surface area (Å²) >= 11 is 6.00. The molecule has 1 amide bonds. The third-order valence-electron chi connectivity index (χ3n) is 5.20. The number of fused-ring (bicyclic) bond motifs is 1. The molecule has 0 aliphatic rings. The van der Waals surface area contributed by atoms with Crippen molar-refractivity contribution in [1.82, 2.24) is 10.2 Å². The summed E-state index contributed by atoms with van der Waals surface area (Å²) in [5, 5.41) is 20.4. The molecule has 2 aromatic heterocycles. The Kier molecular flexibility index (Phi) is 5.35. The quantitative estimate of drug-likeness (QED) is 0.278. The Bertz CT molecular complexity index is 1560. The summed E-state index contributed by atoms with van der Waals surface area (Å²) in [5.41, 5.74) is 1.53. The highest BCUT2D eigenvalue weighted by atomic mass is 35.5. The van der Waals surface area contributed by atoms with Gasteiger partial charge in [-0.1, -0.05) is 23.7 Å². The second-order valence-electron chi connectivity index (χ2n) is 7.42. The highest BCUT2D eigenvalue weighted by Crippen LogP contribution is 2.34. The van der Waals surface area contributed by atoms with Crippen molar-refractivity contribution in [1.29, 1.82) is 0 Å². The van der Waals surface area contributed by atoms with E-state index >= 15 is 0 Å². The Hall–Kier alpha value is -4.43. The number of carbonyl (C=O) groups is 2. The van der Waals surface area contributed by atoms with Gasteiger partial charge in [0.15, 0.2) is 5.76 Å². The number of aromatic hydroxyl groups is 1. The third-order valence-corrected chi connectivity index (χ3v) is 5.44. The average molecular weight is 476 g/mol. The molecule has 34 heavy (non-hydrogen) atoms. The second kappa shape index (κ2) is 8.49. The van der Waals surface area contributed by atoms with E-state index in [0.717, 1.165) is 0 Å². The molecule has 0 radical (unpaired) electrons. The molecule has 0 bridgehead atoms. The molecule has 5 aromatic rings. The molecule has 0 aliphatic heterocycles. The van der Waals surface area contributed by atoms with Crippen LogP contribution in [0, 0.1) is 5.82 Å². The number of rotatable bonds is 5. The molecule has 0 spiro atoms. The molecule has 0 fully saturated rings. The van der Waals surface area contributed by atoms with Crippen LogP contribution in [0.5, 0.6) is 5.75 Å². The summed E-state index contributed by atoms with van der Waals surface area (Å²) in [4.78, 5) is 26.1. The van der Waals surface area contributed by atoms with Crippen LogP contribution < -0.4 is 5.32 Å². The van der Waals surface area contributed by atoms with Gasteiger partial charge in [0, 0.05) is 21.5 Å². The number of furan rings is 1. The molecule has 7 nitrogen and oxygen atoms in total. The van der Waals surface area contributed by atoms with Crippen molar-refractivity contribution in [2.45, 2.75) is 0 Å². The molecule has 5 rings (SSSR count). The highest BCUT2D eigenvalue weighted by Gasteiger charge is 2.24. The Morgan fingerprint density at radius 3 is 2.59 bits per heavy atom. The van der Waals surface area contributed by atoms with Gasteiger partial charge in [0.25, 0.3) is 5.91 Å². The van der Waals surface area contributed by atoms with E-state index in [1.807, 2.05) is 0 Å². The number of hydrogen-bond donors (Lipinski definition) is 3. The molecule has 0 atom stereocenters. The lowest BCUT2D eigenvalue weighted by Gasteiger charge is -2.05. The van der Waals surface area contributed by atoms with Crippen molar-refractivity contribution in [2.75, 3.05) is 5.32 Å². The van der Waals surface area contributed by atoms with Crippen LogP contribution in [0.3, 0.4) is 0 Å². The van der Waals surface area contributed by atoms with Crippen molar-refractivity contribution in [3.63, 3.8) is 0 Å². The first kappa shape index (κ1) is 21.4.